The van der Waals surface area contributed by atoms with Gasteiger partial charge in [-0.25, -0.2) is 9.59 Å². The van der Waals surface area contributed by atoms with Crippen molar-refractivity contribution in [3.05, 3.63) is 29.3 Å². The first-order chi connectivity index (χ1) is 9.31. The van der Waals surface area contributed by atoms with Crippen molar-refractivity contribution in [2.75, 3.05) is 18.5 Å². The van der Waals surface area contributed by atoms with Crippen LogP contribution in [0.1, 0.15) is 17.5 Å². The molecule has 0 aromatic heterocycles. The summed E-state index contributed by atoms with van der Waals surface area (Å²) in [5.41, 5.74) is 2.88. The Hall–Kier alpha value is -2.08. The first-order valence-electron chi connectivity index (χ1n) is 6.32. The monoisotopic (exact) mass is 280 g/mol. The van der Waals surface area contributed by atoms with Crippen LogP contribution in [-0.2, 0) is 4.79 Å². The van der Waals surface area contributed by atoms with Crippen LogP contribution in [0, 0.1) is 13.8 Å². The fourth-order valence-electron chi connectivity index (χ4n) is 1.82. The number of anilines is 1. The fourth-order valence-corrected chi connectivity index (χ4v) is 1.82. The molecule has 0 bridgehead atoms. The van der Waals surface area contributed by atoms with Crippen molar-refractivity contribution in [2.45, 2.75) is 26.4 Å². The average Bonchev–Trinajstić information content (AvgIpc) is 2.36. The second kappa shape index (κ2) is 6.91. The van der Waals surface area contributed by atoms with Gasteiger partial charge in [-0.1, -0.05) is 6.07 Å². The quantitative estimate of drug-likeness (QED) is 0.758. The van der Waals surface area contributed by atoms with E-state index in [0.29, 0.717) is 0 Å². The lowest BCUT2D eigenvalue weighted by molar-refractivity contribution is -0.146. The SMILES string of the molecule is Cc1cc(C)cc(N(C)C(=O)NCCC(O)C(=O)O)c1. The van der Waals surface area contributed by atoms with E-state index in [1.54, 1.807) is 7.05 Å². The van der Waals surface area contributed by atoms with Crippen LogP contribution in [-0.4, -0.2) is 41.9 Å². The second-order valence-electron chi connectivity index (χ2n) is 4.78. The number of rotatable bonds is 5. The number of nitrogens with zero attached hydrogens (tertiary/aromatic N) is 1. The van der Waals surface area contributed by atoms with Crippen LogP contribution in [0.15, 0.2) is 18.2 Å². The van der Waals surface area contributed by atoms with Crippen LogP contribution in [0.25, 0.3) is 0 Å². The number of carboxylic acids is 1. The van der Waals surface area contributed by atoms with Crippen LogP contribution >= 0.6 is 0 Å². The van der Waals surface area contributed by atoms with Crippen LogP contribution < -0.4 is 10.2 Å². The Balaban J connectivity index is 2.56. The number of nitrogens with one attached hydrogen (secondary N) is 1. The molecule has 6 heteroatoms. The van der Waals surface area contributed by atoms with Crippen molar-refractivity contribution in [2.24, 2.45) is 0 Å². The molecule has 3 N–H and O–H groups in total. The van der Waals surface area contributed by atoms with E-state index in [1.165, 1.54) is 4.90 Å². The van der Waals surface area contributed by atoms with Gasteiger partial charge in [-0.3, -0.25) is 4.90 Å². The fraction of sp³-hybridized carbons (Fsp3) is 0.429. The molecular formula is C14H20N2O4. The first-order valence-corrected chi connectivity index (χ1v) is 6.32. The molecular weight excluding hydrogens is 260 g/mol. The topological polar surface area (TPSA) is 89.9 Å². The normalized spacial score (nSPS) is 11.8. The third kappa shape index (κ3) is 4.55. The third-order valence-corrected chi connectivity index (χ3v) is 2.88. The molecule has 1 aromatic rings. The average molecular weight is 280 g/mol. The van der Waals surface area contributed by atoms with Gasteiger partial charge in [0, 0.05) is 25.7 Å². The van der Waals surface area contributed by atoms with Crippen LogP contribution in [0.5, 0.6) is 0 Å². The molecule has 0 aliphatic heterocycles. The Bertz CT molecular complexity index is 482. The van der Waals surface area contributed by atoms with Gasteiger partial charge in [-0.05, 0) is 37.1 Å². The predicted octanol–water partition coefficient (Wildman–Crippen LogP) is 1.28. The number of hydrogen-bond acceptors (Lipinski definition) is 3. The van der Waals surface area contributed by atoms with Gasteiger partial charge in [0.2, 0.25) is 0 Å². The second-order valence-corrected chi connectivity index (χ2v) is 4.78. The van der Waals surface area contributed by atoms with Gasteiger partial charge in [0.05, 0.1) is 0 Å². The summed E-state index contributed by atoms with van der Waals surface area (Å²) in [5.74, 6) is -1.29. The minimum absolute atomic E-state index is 0.0260. The molecule has 0 heterocycles. The van der Waals surface area contributed by atoms with Crippen molar-refractivity contribution in [1.29, 1.82) is 0 Å². The molecule has 0 aliphatic rings. The van der Waals surface area contributed by atoms with E-state index in [0.717, 1.165) is 16.8 Å². The van der Waals surface area contributed by atoms with Gasteiger partial charge in [0.1, 0.15) is 0 Å². The Morgan fingerprint density at radius 2 is 1.80 bits per heavy atom. The van der Waals surface area contributed by atoms with Crippen LogP contribution in [0.3, 0.4) is 0 Å². The number of aliphatic hydroxyl groups excluding tert-OH is 1. The minimum Gasteiger partial charge on any atom is -0.479 e. The van der Waals surface area contributed by atoms with E-state index in [2.05, 4.69) is 5.32 Å². The van der Waals surface area contributed by atoms with Gasteiger partial charge in [0.25, 0.3) is 0 Å². The number of carbonyl (C=O) groups excluding carboxylic acids is 1. The number of carbonyl (C=O) groups is 2. The first kappa shape index (κ1) is 16.0. The summed E-state index contributed by atoms with van der Waals surface area (Å²) in [5, 5.41) is 20.2. The Labute approximate surface area is 118 Å². The summed E-state index contributed by atoms with van der Waals surface area (Å²) in [6, 6.07) is 5.45. The molecule has 2 amide bonds. The maximum Gasteiger partial charge on any atom is 0.332 e. The van der Waals surface area contributed by atoms with E-state index >= 15 is 0 Å². The highest BCUT2D eigenvalue weighted by Crippen LogP contribution is 2.17. The molecule has 0 saturated heterocycles. The molecule has 1 aromatic carbocycles. The lowest BCUT2D eigenvalue weighted by Gasteiger charge is -2.19. The van der Waals surface area contributed by atoms with Crippen LogP contribution in [0.4, 0.5) is 10.5 Å². The molecule has 1 unspecified atom stereocenters. The van der Waals surface area contributed by atoms with E-state index < -0.39 is 12.1 Å². The highest BCUT2D eigenvalue weighted by molar-refractivity contribution is 5.91. The number of hydrogen-bond donors (Lipinski definition) is 3. The van der Waals surface area contributed by atoms with Gasteiger partial charge < -0.3 is 15.5 Å². The van der Waals surface area contributed by atoms with Crippen molar-refractivity contribution in [3.8, 4) is 0 Å². The maximum absolute atomic E-state index is 11.9. The summed E-state index contributed by atoms with van der Waals surface area (Å²) in [6.07, 6.45) is -1.48. The van der Waals surface area contributed by atoms with Crippen molar-refractivity contribution >= 4 is 17.7 Å². The Morgan fingerprint density at radius 1 is 1.25 bits per heavy atom. The van der Waals surface area contributed by atoms with Gasteiger partial charge in [0.15, 0.2) is 6.10 Å². The number of aliphatic hydroxyl groups is 1. The van der Waals surface area contributed by atoms with E-state index in [1.807, 2.05) is 32.0 Å². The van der Waals surface area contributed by atoms with Crippen LogP contribution in [0.2, 0.25) is 0 Å². The smallest absolute Gasteiger partial charge is 0.332 e. The Kier molecular flexibility index (Phi) is 5.52. The van der Waals surface area contributed by atoms with Crippen molar-refractivity contribution in [3.63, 3.8) is 0 Å². The zero-order valence-electron chi connectivity index (χ0n) is 11.9. The van der Waals surface area contributed by atoms with Crippen molar-refractivity contribution in [1.82, 2.24) is 5.32 Å². The number of aliphatic carboxylic acids is 1. The summed E-state index contributed by atoms with van der Waals surface area (Å²) in [7, 11) is 1.64. The number of urea groups is 1. The lowest BCUT2D eigenvalue weighted by Crippen LogP contribution is -2.39. The number of benzene rings is 1. The highest BCUT2D eigenvalue weighted by atomic mass is 16.4. The summed E-state index contributed by atoms with van der Waals surface area (Å²) in [4.78, 5) is 23.8. The Morgan fingerprint density at radius 3 is 2.30 bits per heavy atom. The molecule has 0 fully saturated rings. The van der Waals surface area contributed by atoms with E-state index in [9.17, 15) is 9.59 Å². The number of aryl methyl sites for hydroxylation is 2. The molecule has 20 heavy (non-hydrogen) atoms. The predicted molar refractivity (Wildman–Crippen MR) is 76.0 cm³/mol. The molecule has 0 radical (unpaired) electrons. The molecule has 0 spiro atoms. The molecule has 0 saturated carbocycles. The standard InChI is InChI=1S/C14H20N2O4/c1-9-6-10(2)8-11(7-9)16(3)14(20)15-5-4-12(17)13(18)19/h6-8,12,17H,4-5H2,1-3H3,(H,15,20)(H,18,19). The molecule has 1 rings (SSSR count). The van der Waals surface area contributed by atoms with Gasteiger partial charge >= 0.3 is 12.0 Å². The molecule has 110 valence electrons. The molecule has 1 atom stereocenters. The third-order valence-electron chi connectivity index (χ3n) is 2.88. The minimum atomic E-state index is -1.46. The summed E-state index contributed by atoms with van der Waals surface area (Å²) >= 11 is 0. The largest absolute Gasteiger partial charge is 0.479 e. The molecule has 0 aliphatic carbocycles. The maximum atomic E-state index is 11.9. The summed E-state index contributed by atoms with van der Waals surface area (Å²) < 4.78 is 0. The van der Waals surface area contributed by atoms with Gasteiger partial charge in [-0.15, -0.1) is 0 Å². The van der Waals surface area contributed by atoms with E-state index in [4.69, 9.17) is 10.2 Å². The van der Waals surface area contributed by atoms with Crippen molar-refractivity contribution < 1.29 is 19.8 Å². The summed E-state index contributed by atoms with van der Waals surface area (Å²) in [6.45, 7) is 4.00. The zero-order valence-corrected chi connectivity index (χ0v) is 11.9. The lowest BCUT2D eigenvalue weighted by atomic mass is 10.1. The van der Waals surface area contributed by atoms with Gasteiger partial charge in [-0.2, -0.15) is 0 Å². The number of carboxylic acid groups (broad SMARTS) is 1. The van der Waals surface area contributed by atoms with E-state index in [-0.39, 0.29) is 19.0 Å². The highest BCUT2D eigenvalue weighted by Gasteiger charge is 2.15. The molecule has 6 nitrogen and oxygen atoms in total. The number of amides is 2. The zero-order chi connectivity index (χ0) is 15.3.